The molecule has 0 spiro atoms. The highest BCUT2D eigenvalue weighted by Crippen LogP contribution is 2.43. The van der Waals surface area contributed by atoms with Crippen LogP contribution in [0.3, 0.4) is 0 Å². The normalized spacial score (nSPS) is 22.8. The molecule has 3 atom stereocenters. The maximum absolute atomic E-state index is 14.1. The number of alkyl halides is 3. The first-order valence-corrected chi connectivity index (χ1v) is 9.11. The molecule has 1 aliphatic rings. The van der Waals surface area contributed by atoms with Crippen molar-refractivity contribution in [3.63, 3.8) is 0 Å². The van der Waals surface area contributed by atoms with Crippen molar-refractivity contribution in [3.8, 4) is 0 Å². The maximum atomic E-state index is 14.1. The van der Waals surface area contributed by atoms with Gasteiger partial charge in [0.25, 0.3) is 17.7 Å². The van der Waals surface area contributed by atoms with Gasteiger partial charge in [-0.2, -0.15) is 13.2 Å². The second-order valence-corrected chi connectivity index (χ2v) is 6.94. The van der Waals surface area contributed by atoms with Crippen LogP contribution in [0.25, 0.3) is 5.57 Å². The minimum Gasteiger partial charge on any atom is -0.365 e. The average Bonchev–Trinajstić information content (AvgIpc) is 2.76. The first kappa shape index (κ1) is 24.1. The lowest BCUT2D eigenvalue weighted by atomic mass is 9.75. The summed E-state index contributed by atoms with van der Waals surface area (Å²) in [7, 11) is 3.01. The molecule has 3 unspecified atom stereocenters. The molecule has 0 saturated heterocycles. The van der Waals surface area contributed by atoms with Crippen LogP contribution in [0.4, 0.5) is 13.2 Å². The molecule has 5 N–H and O–H groups in total. The van der Waals surface area contributed by atoms with E-state index in [2.05, 4.69) is 5.32 Å². The first-order chi connectivity index (χ1) is 14.4. The van der Waals surface area contributed by atoms with Gasteiger partial charge in [-0.15, -0.1) is 0 Å². The van der Waals surface area contributed by atoms with Crippen LogP contribution in [0.1, 0.15) is 5.56 Å². The number of nitrogens with two attached hydrogens (primary N) is 1. The van der Waals surface area contributed by atoms with Crippen LogP contribution in [0.15, 0.2) is 48.6 Å². The summed E-state index contributed by atoms with van der Waals surface area (Å²) < 4.78 is 42.3. The van der Waals surface area contributed by atoms with Gasteiger partial charge in [0.05, 0.1) is 0 Å². The number of rotatable bonds is 6. The standard InChI is InChI=1S/C20H23F3N4O4/c1-25-16(29)19(31,15(24)28)27(3)17(30)18(26-2)10-9-13(11-14(18)20(21,22)23)12-7-5-4-6-8-12/h4-11,14,26,31H,1-3H3,(H2,24,28)(H,25,29). The van der Waals surface area contributed by atoms with E-state index in [0.717, 1.165) is 33.3 Å². The molecule has 3 amide bonds. The van der Waals surface area contributed by atoms with E-state index in [4.69, 9.17) is 5.73 Å². The number of aliphatic hydroxyl groups is 1. The highest BCUT2D eigenvalue weighted by molar-refractivity contribution is 6.10. The van der Waals surface area contributed by atoms with E-state index in [0.29, 0.717) is 5.56 Å². The van der Waals surface area contributed by atoms with Crippen LogP contribution in [0, 0.1) is 5.92 Å². The second kappa shape index (κ2) is 8.52. The molecule has 1 aliphatic carbocycles. The zero-order valence-electron chi connectivity index (χ0n) is 17.0. The Kier molecular flexibility index (Phi) is 6.62. The average molecular weight is 440 g/mol. The number of benzene rings is 1. The molecule has 31 heavy (non-hydrogen) atoms. The smallest absolute Gasteiger partial charge is 0.365 e. The quantitative estimate of drug-likeness (QED) is 0.370. The number of hydrogen-bond acceptors (Lipinski definition) is 5. The van der Waals surface area contributed by atoms with E-state index >= 15 is 0 Å². The fraction of sp³-hybridized carbons (Fsp3) is 0.350. The van der Waals surface area contributed by atoms with Crippen molar-refractivity contribution < 1.29 is 32.7 Å². The molecule has 0 bridgehead atoms. The van der Waals surface area contributed by atoms with Crippen molar-refractivity contribution in [1.82, 2.24) is 15.5 Å². The second-order valence-electron chi connectivity index (χ2n) is 6.94. The van der Waals surface area contributed by atoms with E-state index in [-0.39, 0.29) is 10.5 Å². The van der Waals surface area contributed by atoms with Crippen LogP contribution in [-0.4, -0.2) is 66.3 Å². The Labute approximate surface area is 176 Å². The molecule has 11 heteroatoms. The van der Waals surface area contributed by atoms with Crippen LogP contribution < -0.4 is 16.4 Å². The van der Waals surface area contributed by atoms with Gasteiger partial charge in [0.2, 0.25) is 0 Å². The number of carbonyl (C=O) groups excluding carboxylic acids is 3. The molecule has 0 heterocycles. The lowest BCUT2D eigenvalue weighted by molar-refractivity contribution is -0.194. The minimum absolute atomic E-state index is 0.203. The molecule has 8 nitrogen and oxygen atoms in total. The predicted molar refractivity (Wildman–Crippen MR) is 106 cm³/mol. The molecular formula is C20H23F3N4O4. The number of primary amides is 1. The van der Waals surface area contributed by atoms with Gasteiger partial charge in [0.15, 0.2) is 0 Å². The van der Waals surface area contributed by atoms with E-state index in [1.807, 2.05) is 5.32 Å². The van der Waals surface area contributed by atoms with E-state index in [9.17, 15) is 32.7 Å². The van der Waals surface area contributed by atoms with Gasteiger partial charge < -0.3 is 21.5 Å². The number of nitrogens with zero attached hydrogens (tertiary/aromatic N) is 1. The third kappa shape index (κ3) is 4.06. The van der Waals surface area contributed by atoms with Crippen molar-refractivity contribution in [1.29, 1.82) is 0 Å². The van der Waals surface area contributed by atoms with Gasteiger partial charge >= 0.3 is 11.9 Å². The highest BCUT2D eigenvalue weighted by Gasteiger charge is 2.60. The number of halogens is 3. The molecule has 0 aliphatic heterocycles. The molecule has 1 aromatic rings. The Hall–Kier alpha value is -3.18. The summed E-state index contributed by atoms with van der Waals surface area (Å²) in [6, 6.07) is 8.24. The molecule has 1 aromatic carbocycles. The number of likely N-dealkylation sites (N-methyl/N-ethyl adjacent to an activating group) is 3. The largest absolute Gasteiger partial charge is 0.397 e. The zero-order valence-corrected chi connectivity index (χ0v) is 17.0. The van der Waals surface area contributed by atoms with Crippen molar-refractivity contribution in [3.05, 3.63) is 54.1 Å². The number of nitrogens with one attached hydrogen (secondary N) is 2. The van der Waals surface area contributed by atoms with Crippen molar-refractivity contribution in [2.45, 2.75) is 17.4 Å². The van der Waals surface area contributed by atoms with Gasteiger partial charge in [0, 0.05) is 14.1 Å². The monoisotopic (exact) mass is 440 g/mol. The summed E-state index contributed by atoms with van der Waals surface area (Å²) in [4.78, 5) is 37.3. The third-order valence-corrected chi connectivity index (χ3v) is 5.27. The first-order valence-electron chi connectivity index (χ1n) is 9.11. The molecule has 0 radical (unpaired) electrons. The molecular weight excluding hydrogens is 417 g/mol. The van der Waals surface area contributed by atoms with Crippen LogP contribution in [-0.2, 0) is 14.4 Å². The SMILES string of the molecule is CNC(=O)C(O)(C(N)=O)N(C)C(=O)C1(NC)C=CC(c2ccccc2)=CC1C(F)(F)F. The minimum atomic E-state index is -4.90. The van der Waals surface area contributed by atoms with Gasteiger partial charge in [-0.05, 0) is 18.2 Å². The fourth-order valence-electron chi connectivity index (χ4n) is 3.45. The Morgan fingerprint density at radius 2 is 1.74 bits per heavy atom. The van der Waals surface area contributed by atoms with Gasteiger partial charge in [-0.3, -0.25) is 19.3 Å². The predicted octanol–water partition coefficient (Wildman–Crippen LogP) is 0.155. The fourth-order valence-corrected chi connectivity index (χ4v) is 3.45. The molecule has 0 saturated carbocycles. The van der Waals surface area contributed by atoms with Crippen LogP contribution in [0.5, 0.6) is 0 Å². The molecule has 0 aromatic heterocycles. The number of amides is 3. The Morgan fingerprint density at radius 3 is 2.19 bits per heavy atom. The van der Waals surface area contributed by atoms with Crippen molar-refractivity contribution in [2.24, 2.45) is 11.7 Å². The summed E-state index contributed by atoms with van der Waals surface area (Å²) >= 11 is 0. The van der Waals surface area contributed by atoms with Crippen LogP contribution in [0.2, 0.25) is 0 Å². The zero-order chi connectivity index (χ0) is 23.6. The number of hydrogen-bond donors (Lipinski definition) is 4. The summed E-state index contributed by atoms with van der Waals surface area (Å²) in [5, 5.41) is 14.9. The topological polar surface area (TPSA) is 125 Å². The van der Waals surface area contributed by atoms with Crippen molar-refractivity contribution in [2.75, 3.05) is 21.1 Å². The molecule has 2 rings (SSSR count). The summed E-state index contributed by atoms with van der Waals surface area (Å²) in [6.45, 7) is 0. The number of carbonyl (C=O) groups is 3. The summed E-state index contributed by atoms with van der Waals surface area (Å²) in [5.74, 6) is -6.77. The highest BCUT2D eigenvalue weighted by atomic mass is 19.4. The summed E-state index contributed by atoms with van der Waals surface area (Å²) in [5.41, 5.74) is 0.162. The molecule has 0 fully saturated rings. The van der Waals surface area contributed by atoms with E-state index in [1.54, 1.807) is 30.3 Å². The summed E-state index contributed by atoms with van der Waals surface area (Å²) in [6.07, 6.45) is -1.70. The number of allylic oxidation sites excluding steroid dienone is 2. The maximum Gasteiger partial charge on any atom is 0.397 e. The van der Waals surface area contributed by atoms with Gasteiger partial charge in [-0.25, -0.2) is 0 Å². The third-order valence-electron chi connectivity index (χ3n) is 5.27. The van der Waals surface area contributed by atoms with Crippen LogP contribution >= 0.6 is 0 Å². The lowest BCUT2D eigenvalue weighted by Crippen LogP contribution is -2.72. The lowest BCUT2D eigenvalue weighted by Gasteiger charge is -2.43. The van der Waals surface area contributed by atoms with Crippen molar-refractivity contribution >= 4 is 23.3 Å². The van der Waals surface area contributed by atoms with Gasteiger partial charge in [-0.1, -0.05) is 48.6 Å². The Balaban J connectivity index is 2.61. The molecule has 168 valence electrons. The Morgan fingerprint density at radius 1 is 1.16 bits per heavy atom. The van der Waals surface area contributed by atoms with E-state index in [1.165, 1.54) is 6.08 Å². The van der Waals surface area contributed by atoms with E-state index < -0.39 is 41.1 Å². The Bertz CT molecular complexity index is 932. The van der Waals surface area contributed by atoms with Gasteiger partial charge in [0.1, 0.15) is 11.5 Å².